The lowest BCUT2D eigenvalue weighted by Gasteiger charge is -2.24. The predicted octanol–water partition coefficient (Wildman–Crippen LogP) is 2.18. The van der Waals surface area contributed by atoms with E-state index in [0.717, 1.165) is 38.9 Å². The minimum absolute atomic E-state index is 0.238. The molecule has 0 bridgehead atoms. The van der Waals surface area contributed by atoms with Crippen molar-refractivity contribution in [3.63, 3.8) is 0 Å². The van der Waals surface area contributed by atoms with Crippen LogP contribution < -0.4 is 5.32 Å². The van der Waals surface area contributed by atoms with Crippen molar-refractivity contribution in [1.82, 2.24) is 15.1 Å². The van der Waals surface area contributed by atoms with Gasteiger partial charge in [-0.05, 0) is 24.7 Å². The molecule has 18 heavy (non-hydrogen) atoms. The summed E-state index contributed by atoms with van der Waals surface area (Å²) >= 11 is 0. The lowest BCUT2D eigenvalue weighted by atomic mass is 9.88. The number of aliphatic hydroxyl groups is 1. The number of aryl methyl sites for hydroxylation is 1. The summed E-state index contributed by atoms with van der Waals surface area (Å²) in [5.74, 6) is 0. The SMILES string of the molecule is CCCn1cc(CNCC(C)(C)CCCO)cn1. The van der Waals surface area contributed by atoms with Crippen LogP contribution in [-0.4, -0.2) is 28.0 Å². The fourth-order valence-corrected chi connectivity index (χ4v) is 2.04. The molecule has 4 heteroatoms. The fourth-order valence-electron chi connectivity index (χ4n) is 2.04. The molecule has 0 radical (unpaired) electrons. The van der Waals surface area contributed by atoms with Crippen LogP contribution in [-0.2, 0) is 13.1 Å². The van der Waals surface area contributed by atoms with E-state index < -0.39 is 0 Å². The van der Waals surface area contributed by atoms with Gasteiger partial charge in [-0.2, -0.15) is 5.10 Å². The van der Waals surface area contributed by atoms with Gasteiger partial charge in [0.05, 0.1) is 6.20 Å². The van der Waals surface area contributed by atoms with E-state index in [1.807, 2.05) is 10.9 Å². The molecular formula is C14H27N3O. The van der Waals surface area contributed by atoms with E-state index in [2.05, 4.69) is 37.4 Å². The van der Waals surface area contributed by atoms with Crippen LogP contribution in [0, 0.1) is 5.41 Å². The molecule has 1 rings (SSSR count). The highest BCUT2D eigenvalue weighted by Crippen LogP contribution is 2.20. The van der Waals surface area contributed by atoms with Crippen molar-refractivity contribution in [2.75, 3.05) is 13.2 Å². The van der Waals surface area contributed by atoms with Crippen LogP contribution in [0.4, 0.5) is 0 Å². The average molecular weight is 253 g/mol. The smallest absolute Gasteiger partial charge is 0.0534 e. The molecule has 0 saturated heterocycles. The van der Waals surface area contributed by atoms with Crippen LogP contribution in [0.1, 0.15) is 45.6 Å². The normalized spacial score (nSPS) is 12.0. The third-order valence-corrected chi connectivity index (χ3v) is 3.08. The zero-order valence-corrected chi connectivity index (χ0v) is 11.9. The quantitative estimate of drug-likeness (QED) is 0.709. The Morgan fingerprint density at radius 3 is 2.89 bits per heavy atom. The highest BCUT2D eigenvalue weighted by atomic mass is 16.2. The molecular weight excluding hydrogens is 226 g/mol. The van der Waals surface area contributed by atoms with Gasteiger partial charge >= 0.3 is 0 Å². The molecule has 4 nitrogen and oxygen atoms in total. The van der Waals surface area contributed by atoms with E-state index in [1.54, 1.807) is 0 Å². The first-order valence-electron chi connectivity index (χ1n) is 6.90. The Kier molecular flexibility index (Phi) is 6.36. The summed E-state index contributed by atoms with van der Waals surface area (Å²) in [6.07, 6.45) is 7.08. The second-order valence-electron chi connectivity index (χ2n) is 5.71. The summed E-state index contributed by atoms with van der Waals surface area (Å²) in [6, 6.07) is 0. The monoisotopic (exact) mass is 253 g/mol. The molecule has 0 saturated carbocycles. The molecule has 104 valence electrons. The molecule has 0 unspecified atom stereocenters. The van der Waals surface area contributed by atoms with Crippen molar-refractivity contribution in [2.45, 2.75) is 53.1 Å². The molecule has 0 aliphatic rings. The maximum absolute atomic E-state index is 8.85. The summed E-state index contributed by atoms with van der Waals surface area (Å²) in [5, 5.41) is 16.6. The maximum Gasteiger partial charge on any atom is 0.0534 e. The Balaban J connectivity index is 2.27. The van der Waals surface area contributed by atoms with Gasteiger partial charge in [0.25, 0.3) is 0 Å². The summed E-state index contributed by atoms with van der Waals surface area (Å²) in [4.78, 5) is 0. The molecule has 0 fully saturated rings. The Bertz CT molecular complexity index is 334. The second-order valence-corrected chi connectivity index (χ2v) is 5.71. The van der Waals surface area contributed by atoms with Gasteiger partial charge in [-0.1, -0.05) is 20.8 Å². The first-order valence-corrected chi connectivity index (χ1v) is 6.90. The van der Waals surface area contributed by atoms with Gasteiger partial charge in [0.2, 0.25) is 0 Å². The first kappa shape index (κ1) is 15.2. The van der Waals surface area contributed by atoms with Crippen molar-refractivity contribution in [2.24, 2.45) is 5.41 Å². The number of nitrogens with zero attached hydrogens (tertiary/aromatic N) is 2. The minimum atomic E-state index is 0.238. The number of nitrogens with one attached hydrogen (secondary N) is 1. The maximum atomic E-state index is 8.85. The molecule has 0 aliphatic carbocycles. The molecule has 0 aromatic carbocycles. The van der Waals surface area contributed by atoms with E-state index in [4.69, 9.17) is 5.11 Å². The molecule has 1 heterocycles. The minimum Gasteiger partial charge on any atom is -0.396 e. The summed E-state index contributed by atoms with van der Waals surface area (Å²) in [7, 11) is 0. The standard InChI is InChI=1S/C14H27N3O/c1-4-7-17-11-13(10-16-17)9-15-12-14(2,3)6-5-8-18/h10-11,15,18H,4-9,12H2,1-3H3. The van der Waals surface area contributed by atoms with Crippen molar-refractivity contribution in [3.8, 4) is 0 Å². The number of aromatic nitrogens is 2. The van der Waals surface area contributed by atoms with Gasteiger partial charge in [0, 0.05) is 38.0 Å². The predicted molar refractivity (Wildman–Crippen MR) is 74.3 cm³/mol. The molecule has 0 spiro atoms. The number of hydrogen-bond donors (Lipinski definition) is 2. The van der Waals surface area contributed by atoms with Crippen molar-refractivity contribution >= 4 is 0 Å². The zero-order chi connectivity index (χ0) is 13.4. The van der Waals surface area contributed by atoms with E-state index in [1.165, 1.54) is 5.56 Å². The third kappa shape index (κ3) is 5.65. The van der Waals surface area contributed by atoms with Crippen LogP contribution in [0.5, 0.6) is 0 Å². The largest absolute Gasteiger partial charge is 0.396 e. The van der Waals surface area contributed by atoms with Gasteiger partial charge in [-0.3, -0.25) is 4.68 Å². The van der Waals surface area contributed by atoms with Crippen LogP contribution >= 0.6 is 0 Å². The summed E-state index contributed by atoms with van der Waals surface area (Å²) in [5.41, 5.74) is 1.48. The van der Waals surface area contributed by atoms with Gasteiger partial charge in [-0.25, -0.2) is 0 Å². The Labute approximate surface area is 110 Å². The highest BCUT2D eigenvalue weighted by molar-refractivity contribution is 5.03. The zero-order valence-electron chi connectivity index (χ0n) is 11.9. The average Bonchev–Trinajstić information content (AvgIpc) is 2.75. The van der Waals surface area contributed by atoms with Gasteiger partial charge < -0.3 is 10.4 Å². The number of aliphatic hydroxyl groups excluding tert-OH is 1. The van der Waals surface area contributed by atoms with Crippen molar-refractivity contribution < 1.29 is 5.11 Å². The molecule has 1 aromatic rings. The second kappa shape index (κ2) is 7.54. The number of hydrogen-bond acceptors (Lipinski definition) is 3. The highest BCUT2D eigenvalue weighted by Gasteiger charge is 2.16. The van der Waals surface area contributed by atoms with Crippen LogP contribution in [0.15, 0.2) is 12.4 Å². The molecule has 0 aliphatic heterocycles. The van der Waals surface area contributed by atoms with E-state index in [-0.39, 0.29) is 12.0 Å². The topological polar surface area (TPSA) is 50.1 Å². The van der Waals surface area contributed by atoms with Gasteiger partial charge in [0.1, 0.15) is 0 Å². The molecule has 2 N–H and O–H groups in total. The van der Waals surface area contributed by atoms with Crippen LogP contribution in [0.25, 0.3) is 0 Å². The summed E-state index contributed by atoms with van der Waals surface area (Å²) < 4.78 is 1.99. The van der Waals surface area contributed by atoms with Gasteiger partial charge in [-0.15, -0.1) is 0 Å². The van der Waals surface area contributed by atoms with E-state index in [9.17, 15) is 0 Å². The van der Waals surface area contributed by atoms with Crippen molar-refractivity contribution in [3.05, 3.63) is 18.0 Å². The Morgan fingerprint density at radius 2 is 2.22 bits per heavy atom. The molecule has 1 aromatic heterocycles. The Hall–Kier alpha value is -0.870. The first-order chi connectivity index (χ1) is 8.57. The fraction of sp³-hybridized carbons (Fsp3) is 0.786. The lowest BCUT2D eigenvalue weighted by molar-refractivity contribution is 0.236. The molecule has 0 amide bonds. The van der Waals surface area contributed by atoms with Crippen molar-refractivity contribution in [1.29, 1.82) is 0 Å². The van der Waals surface area contributed by atoms with E-state index in [0.29, 0.717) is 0 Å². The van der Waals surface area contributed by atoms with Crippen LogP contribution in [0.3, 0.4) is 0 Å². The van der Waals surface area contributed by atoms with E-state index >= 15 is 0 Å². The molecule has 0 atom stereocenters. The van der Waals surface area contributed by atoms with Crippen LogP contribution in [0.2, 0.25) is 0 Å². The Morgan fingerprint density at radius 1 is 1.44 bits per heavy atom. The third-order valence-electron chi connectivity index (χ3n) is 3.08. The lowest BCUT2D eigenvalue weighted by Crippen LogP contribution is -2.29. The summed E-state index contributed by atoms with van der Waals surface area (Å²) in [6.45, 7) is 9.73. The number of rotatable bonds is 9. The van der Waals surface area contributed by atoms with Gasteiger partial charge in [0.15, 0.2) is 0 Å².